The molecule has 3 fully saturated rings. The number of nitrogens with zero attached hydrogens (tertiary/aromatic N) is 2. The molecular formula is C28H32Cl2F2N4O4. The summed E-state index contributed by atoms with van der Waals surface area (Å²) in [5.74, 6) is -2.60. The molecule has 1 aromatic heterocycles. The molecule has 2 unspecified atom stereocenters. The molecular weight excluding hydrogens is 565 g/mol. The first-order chi connectivity index (χ1) is 18.9. The number of rotatable bonds is 9. The van der Waals surface area contributed by atoms with Crippen molar-refractivity contribution in [2.24, 2.45) is 0 Å². The van der Waals surface area contributed by atoms with Crippen LogP contribution in [-0.2, 0) is 11.2 Å². The van der Waals surface area contributed by atoms with Gasteiger partial charge in [-0.05, 0) is 75.8 Å². The number of aromatic nitrogens is 1. The lowest BCUT2D eigenvalue weighted by molar-refractivity contribution is -0.135. The highest BCUT2D eigenvalue weighted by Gasteiger charge is 2.58. The van der Waals surface area contributed by atoms with Crippen molar-refractivity contribution < 1.29 is 28.2 Å². The maximum Gasteiger partial charge on any atom is 0.270 e. The molecule has 3 heterocycles. The molecule has 3 aliphatic rings. The number of carbonyl (C=O) groups is 2. The van der Waals surface area contributed by atoms with E-state index in [1.165, 1.54) is 6.20 Å². The summed E-state index contributed by atoms with van der Waals surface area (Å²) in [7, 11) is 0. The topological polar surface area (TPSA) is 104 Å². The Morgan fingerprint density at radius 2 is 1.82 bits per heavy atom. The number of amides is 2. The maximum absolute atomic E-state index is 13.3. The lowest BCUT2D eigenvalue weighted by Gasteiger charge is -2.40. The van der Waals surface area contributed by atoms with Crippen molar-refractivity contribution >= 4 is 40.8 Å². The molecule has 12 heteroatoms. The van der Waals surface area contributed by atoms with Gasteiger partial charge in [0.2, 0.25) is 0 Å². The van der Waals surface area contributed by atoms with E-state index < -0.39 is 23.5 Å². The van der Waals surface area contributed by atoms with E-state index in [4.69, 9.17) is 27.9 Å². The molecule has 3 N–H and O–H groups in total. The molecule has 2 amide bonds. The molecule has 1 saturated carbocycles. The first-order valence-corrected chi connectivity index (χ1v) is 14.2. The number of ether oxygens (including phenoxy) is 1. The minimum Gasteiger partial charge on any atom is -0.476 e. The minimum atomic E-state index is -2.82. The molecule has 1 aliphatic carbocycles. The number of hydrogen-bond donors (Lipinski definition) is 3. The third-order valence-corrected chi connectivity index (χ3v) is 8.52. The third kappa shape index (κ3) is 5.99. The van der Waals surface area contributed by atoms with Crippen LogP contribution < -0.4 is 20.3 Å². The van der Waals surface area contributed by atoms with Crippen LogP contribution >= 0.6 is 23.2 Å². The Kier molecular flexibility index (Phi) is 7.89. The molecule has 2 bridgehead atoms. The van der Waals surface area contributed by atoms with Crippen molar-refractivity contribution in [2.75, 3.05) is 11.5 Å². The summed E-state index contributed by atoms with van der Waals surface area (Å²) in [5.41, 5.74) is -0.296. The van der Waals surface area contributed by atoms with Crippen LogP contribution in [0.5, 0.6) is 5.75 Å². The van der Waals surface area contributed by atoms with Gasteiger partial charge in [0, 0.05) is 42.4 Å². The highest BCUT2D eigenvalue weighted by molar-refractivity contribution is 6.36. The van der Waals surface area contributed by atoms with Gasteiger partial charge in [-0.25, -0.2) is 13.8 Å². The first-order valence-electron chi connectivity index (χ1n) is 13.4. The van der Waals surface area contributed by atoms with Gasteiger partial charge in [0.1, 0.15) is 11.6 Å². The zero-order valence-corrected chi connectivity index (χ0v) is 23.7. The zero-order valence-electron chi connectivity index (χ0n) is 22.2. The number of aliphatic hydroxyl groups is 1. The van der Waals surface area contributed by atoms with Crippen LogP contribution in [0.4, 0.5) is 14.6 Å². The molecule has 0 spiro atoms. The van der Waals surface area contributed by atoms with Crippen molar-refractivity contribution in [1.82, 2.24) is 15.6 Å². The molecule has 5 rings (SSSR count). The molecule has 2 aromatic rings. The number of fused-ring (bicyclic) bond motifs is 2. The van der Waals surface area contributed by atoms with Crippen LogP contribution in [0, 0.1) is 0 Å². The number of hydrogen-bond acceptors (Lipinski definition) is 6. The number of halogens is 4. The SMILES string of the molecule is CC(C)(Oc1cc(CCO)c(Cl)cc1Cl)C(=O)NC1C[C@H]2CC[C@@H](C1)N2c1ccc(C(=O)NC2CC2(F)F)cn1. The summed E-state index contributed by atoms with van der Waals surface area (Å²) in [6, 6.07) is 5.73. The number of carbonyl (C=O) groups excluding carboxylic acids is 2. The van der Waals surface area contributed by atoms with Gasteiger partial charge in [0.05, 0.1) is 16.6 Å². The Hall–Kier alpha value is -2.69. The zero-order chi connectivity index (χ0) is 28.8. The van der Waals surface area contributed by atoms with E-state index in [0.717, 1.165) is 31.5 Å². The van der Waals surface area contributed by atoms with Crippen molar-refractivity contribution in [3.63, 3.8) is 0 Å². The van der Waals surface area contributed by atoms with E-state index in [0.29, 0.717) is 22.8 Å². The van der Waals surface area contributed by atoms with E-state index in [9.17, 15) is 23.5 Å². The number of piperidine rings is 1. The normalized spacial score (nSPS) is 24.9. The van der Waals surface area contributed by atoms with Crippen LogP contribution in [0.15, 0.2) is 30.5 Å². The summed E-state index contributed by atoms with van der Waals surface area (Å²) in [5, 5.41) is 15.5. The quantitative estimate of drug-likeness (QED) is 0.393. The molecule has 2 saturated heterocycles. The highest BCUT2D eigenvalue weighted by atomic mass is 35.5. The average Bonchev–Trinajstić information content (AvgIpc) is 3.40. The molecule has 216 valence electrons. The Balaban J connectivity index is 1.19. The Labute approximate surface area is 241 Å². The number of nitrogens with one attached hydrogen (secondary N) is 2. The molecule has 1 aromatic carbocycles. The third-order valence-electron chi connectivity index (χ3n) is 7.87. The number of anilines is 1. The van der Waals surface area contributed by atoms with Gasteiger partial charge in [0.25, 0.3) is 17.7 Å². The molecule has 8 nitrogen and oxygen atoms in total. The fraction of sp³-hybridized carbons (Fsp3) is 0.536. The predicted molar refractivity (Wildman–Crippen MR) is 147 cm³/mol. The second-order valence-electron chi connectivity index (χ2n) is 11.3. The van der Waals surface area contributed by atoms with E-state index in [-0.39, 0.29) is 47.6 Å². The van der Waals surface area contributed by atoms with Gasteiger partial charge in [0.15, 0.2) is 5.60 Å². The molecule has 0 radical (unpaired) electrons. The van der Waals surface area contributed by atoms with E-state index in [1.807, 2.05) is 0 Å². The summed E-state index contributed by atoms with van der Waals surface area (Å²) < 4.78 is 32.3. The van der Waals surface area contributed by atoms with E-state index in [2.05, 4.69) is 20.5 Å². The largest absolute Gasteiger partial charge is 0.476 e. The summed E-state index contributed by atoms with van der Waals surface area (Å²) >= 11 is 12.5. The smallest absolute Gasteiger partial charge is 0.270 e. The predicted octanol–water partition coefficient (Wildman–Crippen LogP) is 4.53. The number of alkyl halides is 2. The summed E-state index contributed by atoms with van der Waals surface area (Å²) in [6.45, 7) is 3.27. The number of benzene rings is 1. The van der Waals surface area contributed by atoms with Gasteiger partial charge < -0.3 is 25.4 Å². The fourth-order valence-corrected chi connectivity index (χ4v) is 6.11. The van der Waals surface area contributed by atoms with Crippen molar-refractivity contribution in [3.05, 3.63) is 51.6 Å². The summed E-state index contributed by atoms with van der Waals surface area (Å²) in [4.78, 5) is 32.2. The summed E-state index contributed by atoms with van der Waals surface area (Å²) in [6.07, 6.45) is 4.78. The fourth-order valence-electron chi connectivity index (χ4n) is 5.60. The van der Waals surface area contributed by atoms with Gasteiger partial charge in [-0.2, -0.15) is 0 Å². The Bertz CT molecular complexity index is 1280. The molecule has 4 atom stereocenters. The molecule has 40 heavy (non-hydrogen) atoms. The van der Waals surface area contributed by atoms with Gasteiger partial charge >= 0.3 is 0 Å². The maximum atomic E-state index is 13.3. The second-order valence-corrected chi connectivity index (χ2v) is 12.1. The average molecular weight is 597 g/mol. The van der Waals surface area contributed by atoms with Gasteiger partial charge in [-0.1, -0.05) is 23.2 Å². The van der Waals surface area contributed by atoms with Crippen LogP contribution in [0.25, 0.3) is 0 Å². The van der Waals surface area contributed by atoms with E-state index in [1.54, 1.807) is 38.1 Å². The second kappa shape index (κ2) is 10.9. The van der Waals surface area contributed by atoms with Crippen LogP contribution in [-0.4, -0.2) is 64.2 Å². The van der Waals surface area contributed by atoms with Gasteiger partial charge in [-0.3, -0.25) is 9.59 Å². The van der Waals surface area contributed by atoms with Crippen molar-refractivity contribution in [2.45, 2.75) is 88.1 Å². The van der Waals surface area contributed by atoms with E-state index >= 15 is 0 Å². The van der Waals surface area contributed by atoms with Crippen molar-refractivity contribution in [3.8, 4) is 5.75 Å². The highest BCUT2D eigenvalue weighted by Crippen LogP contribution is 2.42. The van der Waals surface area contributed by atoms with Gasteiger partial charge in [-0.15, -0.1) is 0 Å². The van der Waals surface area contributed by atoms with Crippen LogP contribution in [0.1, 0.15) is 61.9 Å². The Morgan fingerprint density at radius 1 is 1.15 bits per heavy atom. The van der Waals surface area contributed by atoms with Crippen molar-refractivity contribution in [1.29, 1.82) is 0 Å². The standard InChI is InChI=1S/C28H32Cl2F2N4O4/c1-27(2,40-22-9-15(7-8-37)20(29)12-21(22)30)26(39)34-17-10-18-4-5-19(11-17)36(18)24-6-3-16(14-33-24)25(38)35-23-13-28(23,31)32/h3,6,9,12,14,17-19,23,37H,4-5,7-8,10-11,13H2,1-2H3,(H,34,39)(H,35,38)/t17?,18-,19+,23?. The monoisotopic (exact) mass is 596 g/mol. The Morgan fingerprint density at radius 3 is 2.40 bits per heavy atom. The van der Waals surface area contributed by atoms with Crippen LogP contribution in [0.2, 0.25) is 10.0 Å². The molecule has 2 aliphatic heterocycles. The number of aliphatic hydroxyl groups excluding tert-OH is 1. The first kappa shape index (κ1) is 28.8. The van der Waals surface area contributed by atoms with Crippen LogP contribution in [0.3, 0.4) is 0 Å². The number of pyridine rings is 1. The lowest BCUT2D eigenvalue weighted by Crippen LogP contribution is -2.55. The minimum absolute atomic E-state index is 0.0555. The lowest BCUT2D eigenvalue weighted by atomic mass is 9.96.